The van der Waals surface area contributed by atoms with E-state index in [4.69, 9.17) is 0 Å². The highest BCUT2D eigenvalue weighted by Crippen LogP contribution is 2.18. The van der Waals surface area contributed by atoms with Gasteiger partial charge in [0.05, 0.1) is 0 Å². The highest BCUT2D eigenvalue weighted by Gasteiger charge is 2.05. The average Bonchev–Trinajstić information content (AvgIpc) is 2.52. The summed E-state index contributed by atoms with van der Waals surface area (Å²) in [6, 6.07) is 17.6. The molecule has 2 heteroatoms. The molecule has 0 aliphatic rings. The number of aryl methyl sites for hydroxylation is 1. The Hall–Kier alpha value is -1.80. The Labute approximate surface area is 128 Å². The van der Waals surface area contributed by atoms with Crippen molar-refractivity contribution in [2.24, 2.45) is 0 Å². The molecule has 0 amide bonds. The van der Waals surface area contributed by atoms with E-state index in [9.17, 15) is 0 Å². The lowest BCUT2D eigenvalue weighted by atomic mass is 10.1. The van der Waals surface area contributed by atoms with Gasteiger partial charge in [0.1, 0.15) is 0 Å². The summed E-state index contributed by atoms with van der Waals surface area (Å²) >= 11 is 0. The molecule has 0 saturated heterocycles. The van der Waals surface area contributed by atoms with Gasteiger partial charge in [0.15, 0.2) is 0 Å². The minimum Gasteiger partial charge on any atom is -0.367 e. The molecule has 112 valence electrons. The molecule has 0 fully saturated rings. The largest absolute Gasteiger partial charge is 0.367 e. The van der Waals surface area contributed by atoms with E-state index in [0.29, 0.717) is 0 Å². The number of hydrogen-bond acceptors (Lipinski definition) is 2. The number of nitrogens with one attached hydrogen (secondary N) is 1. The van der Waals surface area contributed by atoms with Crippen LogP contribution in [0.4, 0.5) is 5.69 Å². The Bertz CT molecular complexity index is 546. The van der Waals surface area contributed by atoms with Crippen LogP contribution < -0.4 is 10.2 Å². The normalized spacial score (nSPS) is 10.6. The maximum Gasteiger partial charge on any atom is 0.0429 e. The molecule has 0 aliphatic carbocycles. The number of rotatable bonds is 7. The molecule has 0 atom stereocenters. The lowest BCUT2D eigenvalue weighted by molar-refractivity contribution is 0.725. The van der Waals surface area contributed by atoms with E-state index in [0.717, 1.165) is 26.2 Å². The third-order valence-electron chi connectivity index (χ3n) is 3.72. The zero-order valence-corrected chi connectivity index (χ0v) is 13.4. The van der Waals surface area contributed by atoms with Crippen molar-refractivity contribution in [1.82, 2.24) is 5.32 Å². The number of benzene rings is 2. The van der Waals surface area contributed by atoms with Gasteiger partial charge < -0.3 is 10.2 Å². The predicted molar refractivity (Wildman–Crippen MR) is 91.7 cm³/mol. The number of hydrogen-bond donors (Lipinski definition) is 1. The second-order valence-corrected chi connectivity index (χ2v) is 5.45. The van der Waals surface area contributed by atoms with Crippen molar-refractivity contribution in [2.75, 3.05) is 18.0 Å². The highest BCUT2D eigenvalue weighted by atomic mass is 15.1. The van der Waals surface area contributed by atoms with E-state index in [1.165, 1.54) is 22.4 Å². The van der Waals surface area contributed by atoms with Crippen LogP contribution in [-0.4, -0.2) is 13.1 Å². The molecule has 0 radical (unpaired) electrons. The van der Waals surface area contributed by atoms with Gasteiger partial charge in [-0.3, -0.25) is 0 Å². The second-order valence-electron chi connectivity index (χ2n) is 5.45. The molecule has 1 N–H and O–H groups in total. The predicted octanol–water partition coefficient (Wildman–Crippen LogP) is 4.13. The van der Waals surface area contributed by atoms with Crippen LogP contribution in [0.25, 0.3) is 0 Å². The number of nitrogens with zero attached hydrogens (tertiary/aromatic N) is 1. The van der Waals surface area contributed by atoms with Crippen molar-refractivity contribution >= 4 is 5.69 Å². The summed E-state index contributed by atoms with van der Waals surface area (Å²) in [5.74, 6) is 0. The lowest BCUT2D eigenvalue weighted by Gasteiger charge is -2.23. The smallest absolute Gasteiger partial charge is 0.0429 e. The Morgan fingerprint density at radius 2 is 1.67 bits per heavy atom. The van der Waals surface area contributed by atoms with Gasteiger partial charge in [-0.2, -0.15) is 0 Å². The second kappa shape index (κ2) is 7.84. The Balaban J connectivity index is 2.09. The molecule has 0 bridgehead atoms. The van der Waals surface area contributed by atoms with Crippen molar-refractivity contribution in [2.45, 2.75) is 33.9 Å². The van der Waals surface area contributed by atoms with Gasteiger partial charge >= 0.3 is 0 Å². The van der Waals surface area contributed by atoms with Gasteiger partial charge in [0, 0.05) is 25.3 Å². The van der Waals surface area contributed by atoms with Crippen LogP contribution >= 0.6 is 0 Å². The summed E-state index contributed by atoms with van der Waals surface area (Å²) in [6.45, 7) is 10.4. The molecule has 0 spiro atoms. The first-order valence-corrected chi connectivity index (χ1v) is 7.83. The van der Waals surface area contributed by atoms with Crippen molar-refractivity contribution in [3.63, 3.8) is 0 Å². The molecule has 2 aromatic rings. The minimum atomic E-state index is 0.945. The quantitative estimate of drug-likeness (QED) is 0.821. The van der Waals surface area contributed by atoms with Gasteiger partial charge in [-0.25, -0.2) is 0 Å². The van der Waals surface area contributed by atoms with Crippen molar-refractivity contribution in [3.8, 4) is 0 Å². The first kappa shape index (κ1) is 15.6. The van der Waals surface area contributed by atoms with Crippen LogP contribution in [0.2, 0.25) is 0 Å². The fourth-order valence-corrected chi connectivity index (χ4v) is 2.47. The summed E-state index contributed by atoms with van der Waals surface area (Å²) in [7, 11) is 0. The van der Waals surface area contributed by atoms with E-state index in [1.54, 1.807) is 0 Å². The third kappa shape index (κ3) is 4.61. The van der Waals surface area contributed by atoms with E-state index in [1.807, 2.05) is 0 Å². The molecule has 0 saturated carbocycles. The maximum atomic E-state index is 3.38. The molecule has 2 rings (SSSR count). The highest BCUT2D eigenvalue weighted by molar-refractivity contribution is 5.48. The monoisotopic (exact) mass is 282 g/mol. The van der Waals surface area contributed by atoms with Crippen molar-refractivity contribution in [3.05, 3.63) is 65.2 Å². The summed E-state index contributed by atoms with van der Waals surface area (Å²) < 4.78 is 0. The molecule has 0 aromatic heterocycles. The molecular weight excluding hydrogens is 256 g/mol. The molecule has 0 aliphatic heterocycles. The summed E-state index contributed by atoms with van der Waals surface area (Å²) in [5, 5.41) is 3.38. The van der Waals surface area contributed by atoms with Gasteiger partial charge in [-0.15, -0.1) is 0 Å². The van der Waals surface area contributed by atoms with Crippen molar-refractivity contribution in [1.29, 1.82) is 0 Å². The van der Waals surface area contributed by atoms with Gasteiger partial charge in [0.2, 0.25) is 0 Å². The number of anilines is 1. The van der Waals surface area contributed by atoms with Crippen molar-refractivity contribution < 1.29 is 0 Å². The third-order valence-corrected chi connectivity index (χ3v) is 3.72. The fourth-order valence-electron chi connectivity index (χ4n) is 2.47. The van der Waals surface area contributed by atoms with Crippen LogP contribution in [0.1, 0.15) is 30.5 Å². The van der Waals surface area contributed by atoms with Crippen LogP contribution in [-0.2, 0) is 13.1 Å². The van der Waals surface area contributed by atoms with E-state index in [2.05, 4.69) is 79.5 Å². The molecule has 0 heterocycles. The Kier molecular flexibility index (Phi) is 5.82. The van der Waals surface area contributed by atoms with Crippen LogP contribution in [0, 0.1) is 6.92 Å². The minimum absolute atomic E-state index is 0.945. The zero-order valence-electron chi connectivity index (χ0n) is 13.4. The fraction of sp³-hybridized carbons (Fsp3) is 0.368. The topological polar surface area (TPSA) is 15.3 Å². The van der Waals surface area contributed by atoms with Gasteiger partial charge in [0.25, 0.3) is 0 Å². The zero-order chi connectivity index (χ0) is 15.1. The van der Waals surface area contributed by atoms with Crippen LogP contribution in [0.5, 0.6) is 0 Å². The lowest BCUT2D eigenvalue weighted by Crippen LogP contribution is -2.22. The van der Waals surface area contributed by atoms with Gasteiger partial charge in [-0.1, -0.05) is 48.9 Å². The SMILES string of the molecule is CCNCc1cccc(CN(CC)c2ccc(C)cc2)c1. The molecule has 0 unspecified atom stereocenters. The van der Waals surface area contributed by atoms with E-state index in [-0.39, 0.29) is 0 Å². The molecule has 2 nitrogen and oxygen atoms in total. The van der Waals surface area contributed by atoms with Crippen LogP contribution in [0.15, 0.2) is 48.5 Å². The first-order chi connectivity index (χ1) is 10.2. The molecular formula is C19H26N2. The van der Waals surface area contributed by atoms with Gasteiger partial charge in [-0.05, 0) is 43.7 Å². The molecule has 21 heavy (non-hydrogen) atoms. The Morgan fingerprint density at radius 1 is 0.952 bits per heavy atom. The first-order valence-electron chi connectivity index (χ1n) is 7.83. The Morgan fingerprint density at radius 3 is 2.33 bits per heavy atom. The molecule has 2 aromatic carbocycles. The standard InChI is InChI=1S/C19H26N2/c1-4-20-14-17-7-6-8-18(13-17)15-21(5-2)19-11-9-16(3)10-12-19/h6-13,20H,4-5,14-15H2,1-3H3. The maximum absolute atomic E-state index is 3.38. The summed E-state index contributed by atoms with van der Waals surface area (Å²) in [4.78, 5) is 2.41. The summed E-state index contributed by atoms with van der Waals surface area (Å²) in [6.07, 6.45) is 0. The average molecular weight is 282 g/mol. The van der Waals surface area contributed by atoms with Crippen LogP contribution in [0.3, 0.4) is 0 Å². The summed E-state index contributed by atoms with van der Waals surface area (Å²) in [5.41, 5.74) is 5.32. The van der Waals surface area contributed by atoms with E-state index < -0.39 is 0 Å². The van der Waals surface area contributed by atoms with E-state index >= 15 is 0 Å².